The van der Waals surface area contributed by atoms with E-state index in [2.05, 4.69) is 31.1 Å². The van der Waals surface area contributed by atoms with E-state index in [0.29, 0.717) is 24.4 Å². The lowest BCUT2D eigenvalue weighted by Crippen LogP contribution is -2.04. The predicted octanol–water partition coefficient (Wildman–Crippen LogP) is 2.31. The van der Waals surface area contributed by atoms with Crippen LogP contribution in [0.3, 0.4) is 0 Å². The SMILES string of the molecule is NCCc1n[nH]c(Cc2cc(Cl)cc(Br)c2)n1. The summed E-state index contributed by atoms with van der Waals surface area (Å²) in [6, 6.07) is 5.78. The van der Waals surface area contributed by atoms with Gasteiger partial charge in [-0.15, -0.1) is 0 Å². The molecule has 0 fully saturated rings. The number of nitrogens with one attached hydrogen (secondary N) is 1. The van der Waals surface area contributed by atoms with Crippen molar-refractivity contribution in [1.82, 2.24) is 15.2 Å². The highest BCUT2D eigenvalue weighted by atomic mass is 79.9. The first-order chi connectivity index (χ1) is 8.17. The summed E-state index contributed by atoms with van der Waals surface area (Å²) in [6.07, 6.45) is 1.37. The van der Waals surface area contributed by atoms with E-state index in [4.69, 9.17) is 17.3 Å². The maximum absolute atomic E-state index is 5.98. The van der Waals surface area contributed by atoms with E-state index in [9.17, 15) is 0 Å². The highest BCUT2D eigenvalue weighted by molar-refractivity contribution is 9.10. The molecule has 0 saturated carbocycles. The van der Waals surface area contributed by atoms with Gasteiger partial charge >= 0.3 is 0 Å². The summed E-state index contributed by atoms with van der Waals surface area (Å²) in [4.78, 5) is 4.35. The van der Waals surface area contributed by atoms with Gasteiger partial charge in [-0.1, -0.05) is 27.5 Å². The first-order valence-corrected chi connectivity index (χ1v) is 6.39. The van der Waals surface area contributed by atoms with Crippen LogP contribution in [0.5, 0.6) is 0 Å². The van der Waals surface area contributed by atoms with Crippen LogP contribution in [0.4, 0.5) is 0 Å². The lowest BCUT2D eigenvalue weighted by atomic mass is 10.1. The highest BCUT2D eigenvalue weighted by Crippen LogP contribution is 2.20. The molecule has 0 amide bonds. The van der Waals surface area contributed by atoms with Gasteiger partial charge in [0.1, 0.15) is 5.82 Å². The molecule has 0 spiro atoms. The van der Waals surface area contributed by atoms with E-state index in [0.717, 1.165) is 21.7 Å². The van der Waals surface area contributed by atoms with Crippen LogP contribution in [0.2, 0.25) is 5.02 Å². The third-order valence-corrected chi connectivity index (χ3v) is 2.92. The second-order valence-corrected chi connectivity index (χ2v) is 5.04. The minimum atomic E-state index is 0.556. The van der Waals surface area contributed by atoms with Crippen molar-refractivity contribution >= 4 is 27.5 Å². The van der Waals surface area contributed by atoms with Crippen molar-refractivity contribution in [1.29, 1.82) is 0 Å². The van der Waals surface area contributed by atoms with E-state index < -0.39 is 0 Å². The van der Waals surface area contributed by atoms with Gasteiger partial charge in [0.2, 0.25) is 0 Å². The van der Waals surface area contributed by atoms with Crippen LogP contribution in [0, 0.1) is 0 Å². The molecule has 90 valence electrons. The Bertz CT molecular complexity index is 492. The monoisotopic (exact) mass is 314 g/mol. The maximum Gasteiger partial charge on any atom is 0.151 e. The summed E-state index contributed by atoms with van der Waals surface area (Å²) < 4.78 is 0.960. The Labute approximate surface area is 113 Å². The summed E-state index contributed by atoms with van der Waals surface area (Å²) in [6.45, 7) is 0.556. The second-order valence-electron chi connectivity index (χ2n) is 3.69. The molecule has 2 rings (SSSR count). The standard InChI is InChI=1S/C11H12BrClN4/c12-8-3-7(4-9(13)6-8)5-11-15-10(1-2-14)16-17-11/h3-4,6H,1-2,5,14H2,(H,15,16,17). The van der Waals surface area contributed by atoms with Crippen molar-refractivity contribution in [2.24, 2.45) is 5.73 Å². The summed E-state index contributed by atoms with van der Waals surface area (Å²) >= 11 is 9.39. The summed E-state index contributed by atoms with van der Waals surface area (Å²) in [5, 5.41) is 7.69. The number of halogens is 2. The molecule has 0 aliphatic rings. The predicted molar refractivity (Wildman–Crippen MR) is 71.1 cm³/mol. The van der Waals surface area contributed by atoms with E-state index in [-0.39, 0.29) is 0 Å². The molecule has 3 N–H and O–H groups in total. The minimum Gasteiger partial charge on any atom is -0.330 e. The fourth-order valence-electron chi connectivity index (χ4n) is 1.56. The molecule has 1 aromatic heterocycles. The van der Waals surface area contributed by atoms with Crippen LogP contribution >= 0.6 is 27.5 Å². The first-order valence-electron chi connectivity index (χ1n) is 5.22. The topological polar surface area (TPSA) is 67.6 Å². The van der Waals surface area contributed by atoms with Crippen LogP contribution < -0.4 is 5.73 Å². The fraction of sp³-hybridized carbons (Fsp3) is 0.273. The van der Waals surface area contributed by atoms with E-state index in [1.165, 1.54) is 0 Å². The van der Waals surface area contributed by atoms with E-state index in [1.54, 1.807) is 0 Å². The fourth-order valence-corrected chi connectivity index (χ4v) is 2.49. The molecule has 0 atom stereocenters. The van der Waals surface area contributed by atoms with Gasteiger partial charge in [-0.05, 0) is 30.3 Å². The Morgan fingerprint density at radius 1 is 1.35 bits per heavy atom. The van der Waals surface area contributed by atoms with Crippen LogP contribution in [-0.2, 0) is 12.8 Å². The molecule has 6 heteroatoms. The molecule has 0 saturated heterocycles. The molecule has 1 heterocycles. The number of nitrogens with zero attached hydrogens (tertiary/aromatic N) is 2. The number of benzene rings is 1. The minimum absolute atomic E-state index is 0.556. The van der Waals surface area contributed by atoms with Gasteiger partial charge in [0.25, 0.3) is 0 Å². The van der Waals surface area contributed by atoms with Crippen molar-refractivity contribution in [2.45, 2.75) is 12.8 Å². The Hall–Kier alpha value is -0.910. The van der Waals surface area contributed by atoms with Gasteiger partial charge in [-0.2, -0.15) is 5.10 Å². The van der Waals surface area contributed by atoms with Gasteiger partial charge in [0.05, 0.1) is 0 Å². The van der Waals surface area contributed by atoms with Gasteiger partial charge in [-0.25, -0.2) is 4.98 Å². The van der Waals surface area contributed by atoms with Crippen LogP contribution in [-0.4, -0.2) is 21.7 Å². The number of nitrogens with two attached hydrogens (primary N) is 1. The Balaban J connectivity index is 2.13. The molecule has 0 radical (unpaired) electrons. The second kappa shape index (κ2) is 5.62. The number of H-pyrrole nitrogens is 1. The molecule has 0 aliphatic carbocycles. The Kier molecular flexibility index (Phi) is 4.15. The van der Waals surface area contributed by atoms with Gasteiger partial charge in [0, 0.05) is 22.3 Å². The quantitative estimate of drug-likeness (QED) is 0.910. The zero-order valence-corrected chi connectivity index (χ0v) is 11.4. The van der Waals surface area contributed by atoms with E-state index in [1.807, 2.05) is 18.2 Å². The molecule has 4 nitrogen and oxygen atoms in total. The molecular formula is C11H12BrClN4. The summed E-state index contributed by atoms with van der Waals surface area (Å²) in [5.41, 5.74) is 6.53. The molecule has 0 unspecified atom stereocenters. The molecule has 0 bridgehead atoms. The van der Waals surface area contributed by atoms with E-state index >= 15 is 0 Å². The Morgan fingerprint density at radius 3 is 2.88 bits per heavy atom. The lowest BCUT2D eigenvalue weighted by molar-refractivity contribution is 0.874. The van der Waals surface area contributed by atoms with Gasteiger partial charge in [0.15, 0.2) is 5.82 Å². The maximum atomic E-state index is 5.98. The van der Waals surface area contributed by atoms with Crippen molar-refractivity contribution in [2.75, 3.05) is 6.54 Å². The molecule has 1 aromatic carbocycles. The van der Waals surface area contributed by atoms with Crippen molar-refractivity contribution in [3.05, 3.63) is 44.9 Å². The van der Waals surface area contributed by atoms with Gasteiger partial charge < -0.3 is 5.73 Å². The number of hydrogen-bond donors (Lipinski definition) is 2. The number of aromatic amines is 1. The number of hydrogen-bond acceptors (Lipinski definition) is 3. The van der Waals surface area contributed by atoms with Crippen molar-refractivity contribution < 1.29 is 0 Å². The highest BCUT2D eigenvalue weighted by Gasteiger charge is 2.05. The largest absolute Gasteiger partial charge is 0.330 e. The van der Waals surface area contributed by atoms with Crippen molar-refractivity contribution in [3.63, 3.8) is 0 Å². The lowest BCUT2D eigenvalue weighted by Gasteiger charge is -2.00. The molecule has 0 aliphatic heterocycles. The number of rotatable bonds is 4. The summed E-state index contributed by atoms with van der Waals surface area (Å²) in [5.74, 6) is 1.58. The third kappa shape index (κ3) is 3.52. The summed E-state index contributed by atoms with van der Waals surface area (Å²) in [7, 11) is 0. The third-order valence-electron chi connectivity index (χ3n) is 2.24. The zero-order chi connectivity index (χ0) is 12.3. The average molecular weight is 316 g/mol. The van der Waals surface area contributed by atoms with Crippen LogP contribution in [0.15, 0.2) is 22.7 Å². The zero-order valence-electron chi connectivity index (χ0n) is 9.08. The van der Waals surface area contributed by atoms with Crippen molar-refractivity contribution in [3.8, 4) is 0 Å². The molecule has 17 heavy (non-hydrogen) atoms. The van der Waals surface area contributed by atoms with Gasteiger partial charge in [-0.3, -0.25) is 5.10 Å². The first kappa shape index (κ1) is 12.5. The average Bonchev–Trinajstić information content (AvgIpc) is 2.64. The molecular weight excluding hydrogens is 304 g/mol. The molecule has 2 aromatic rings. The van der Waals surface area contributed by atoms with Crippen LogP contribution in [0.25, 0.3) is 0 Å². The smallest absolute Gasteiger partial charge is 0.151 e. The van der Waals surface area contributed by atoms with Crippen LogP contribution in [0.1, 0.15) is 17.2 Å². The normalized spacial score (nSPS) is 10.8. The Morgan fingerprint density at radius 2 is 2.18 bits per heavy atom. The number of aromatic nitrogens is 3.